The minimum absolute atomic E-state index is 0.00322. The number of carbonyl (C=O) groups is 1. The van der Waals surface area contributed by atoms with E-state index in [9.17, 15) is 19.8 Å². The molecule has 0 aliphatic rings. The zero-order valence-corrected chi connectivity index (χ0v) is 13.2. The molecule has 7 nitrogen and oxygen atoms in total. The minimum Gasteiger partial charge on any atom is -0.503 e. The molecule has 22 heavy (non-hydrogen) atoms. The summed E-state index contributed by atoms with van der Waals surface area (Å²) in [6.45, 7) is 4.13. The summed E-state index contributed by atoms with van der Waals surface area (Å²) in [5, 5.41) is 28.3. The lowest BCUT2D eigenvalue weighted by atomic mass is 10.1. The first-order valence-corrected chi connectivity index (χ1v) is 7.29. The van der Waals surface area contributed by atoms with E-state index < -0.39 is 11.4 Å². The number of nitrogens with zero attached hydrogens (tertiary/aromatic N) is 2. The number of aliphatic hydroxyl groups excluding tert-OH is 1. The number of aromatic nitrogens is 1. The minimum atomic E-state index is -0.903. The Morgan fingerprint density at radius 3 is 2.59 bits per heavy atom. The number of rotatable bonds is 8. The van der Waals surface area contributed by atoms with Crippen LogP contribution in [0.25, 0.3) is 0 Å². The fourth-order valence-electron chi connectivity index (χ4n) is 2.34. The number of hydrogen-bond donors (Lipinski definition) is 3. The molecule has 1 unspecified atom stereocenters. The van der Waals surface area contributed by atoms with Crippen molar-refractivity contribution in [2.45, 2.75) is 45.9 Å². The van der Waals surface area contributed by atoms with Crippen LogP contribution in [0.15, 0.2) is 10.9 Å². The molecule has 0 spiro atoms. The number of aromatic hydroxyl groups is 1. The Balaban J connectivity index is 3.22. The van der Waals surface area contributed by atoms with Gasteiger partial charge in [-0.3, -0.25) is 14.5 Å². The highest BCUT2D eigenvalue weighted by molar-refractivity contribution is 5.66. The summed E-state index contributed by atoms with van der Waals surface area (Å²) in [5.41, 5.74) is 0.308. The fraction of sp³-hybridized carbons (Fsp3) is 0.600. The lowest BCUT2D eigenvalue weighted by Gasteiger charge is -2.26. The van der Waals surface area contributed by atoms with E-state index >= 15 is 0 Å². The van der Waals surface area contributed by atoms with Gasteiger partial charge in [-0.15, -0.1) is 0 Å². The van der Waals surface area contributed by atoms with Crippen LogP contribution in [0.1, 0.15) is 44.1 Å². The van der Waals surface area contributed by atoms with Crippen LogP contribution in [0.2, 0.25) is 0 Å². The third-order valence-corrected chi connectivity index (χ3v) is 3.73. The van der Waals surface area contributed by atoms with Gasteiger partial charge in [0.05, 0.1) is 18.7 Å². The molecule has 1 rings (SSSR count). The molecule has 0 aliphatic heterocycles. The predicted molar refractivity (Wildman–Crippen MR) is 81.9 cm³/mol. The topological polar surface area (TPSA) is 103 Å². The second-order valence-electron chi connectivity index (χ2n) is 5.46. The average Bonchev–Trinajstić information content (AvgIpc) is 2.48. The van der Waals surface area contributed by atoms with Gasteiger partial charge in [0.15, 0.2) is 5.75 Å². The Hall–Kier alpha value is -1.86. The number of carboxylic acids is 1. The summed E-state index contributed by atoms with van der Waals surface area (Å²) in [5.74, 6) is -1.25. The number of aliphatic hydroxyl groups is 1. The van der Waals surface area contributed by atoms with Crippen molar-refractivity contribution in [1.82, 2.24) is 9.47 Å². The van der Waals surface area contributed by atoms with Gasteiger partial charge in [-0.05, 0) is 20.4 Å². The van der Waals surface area contributed by atoms with E-state index in [1.807, 2.05) is 13.8 Å². The van der Waals surface area contributed by atoms with Crippen molar-refractivity contribution in [2.24, 2.45) is 0 Å². The van der Waals surface area contributed by atoms with E-state index in [0.29, 0.717) is 17.9 Å². The van der Waals surface area contributed by atoms with Crippen LogP contribution in [-0.2, 0) is 17.9 Å². The number of hydrogen-bond acceptors (Lipinski definition) is 5. The Morgan fingerprint density at radius 1 is 1.45 bits per heavy atom. The molecule has 1 heterocycles. The van der Waals surface area contributed by atoms with Crippen molar-refractivity contribution < 1.29 is 20.1 Å². The Labute approximate surface area is 129 Å². The van der Waals surface area contributed by atoms with Crippen LogP contribution in [0.4, 0.5) is 0 Å². The normalized spacial score (nSPS) is 12.6. The molecule has 1 aromatic rings. The second kappa shape index (κ2) is 7.95. The standard InChI is InChI=1S/C15H24N2O5/c1-4-10(2)17-11(9-18)7-13(19)15(22)12(17)8-16(3)6-5-14(20)21/h7,10,18,22H,4-6,8-9H2,1-3H3,(H,20,21). The molecule has 1 aromatic heterocycles. The largest absolute Gasteiger partial charge is 0.503 e. The summed E-state index contributed by atoms with van der Waals surface area (Å²) >= 11 is 0. The molecule has 124 valence electrons. The van der Waals surface area contributed by atoms with Crippen LogP contribution in [0.3, 0.4) is 0 Å². The summed E-state index contributed by atoms with van der Waals surface area (Å²) in [6.07, 6.45) is 0.742. The quantitative estimate of drug-likeness (QED) is 0.659. The number of pyridine rings is 1. The van der Waals surface area contributed by atoms with Gasteiger partial charge in [-0.1, -0.05) is 6.92 Å². The molecule has 0 radical (unpaired) electrons. The van der Waals surface area contributed by atoms with Crippen LogP contribution < -0.4 is 5.43 Å². The molecule has 0 saturated heterocycles. The van der Waals surface area contributed by atoms with E-state index in [-0.39, 0.29) is 31.4 Å². The highest BCUT2D eigenvalue weighted by atomic mass is 16.4. The monoisotopic (exact) mass is 312 g/mol. The van der Waals surface area contributed by atoms with Crippen LogP contribution >= 0.6 is 0 Å². The first kappa shape index (κ1) is 18.2. The molecule has 0 amide bonds. The fourth-order valence-corrected chi connectivity index (χ4v) is 2.34. The predicted octanol–water partition coefficient (Wildman–Crippen LogP) is 0.924. The van der Waals surface area contributed by atoms with E-state index in [2.05, 4.69) is 0 Å². The van der Waals surface area contributed by atoms with Crippen LogP contribution in [0.5, 0.6) is 5.75 Å². The lowest BCUT2D eigenvalue weighted by molar-refractivity contribution is -0.137. The van der Waals surface area contributed by atoms with Crippen molar-refractivity contribution in [3.63, 3.8) is 0 Å². The van der Waals surface area contributed by atoms with E-state index in [0.717, 1.165) is 6.42 Å². The van der Waals surface area contributed by atoms with Crippen molar-refractivity contribution in [3.8, 4) is 5.75 Å². The molecule has 1 atom stereocenters. The highest BCUT2D eigenvalue weighted by Crippen LogP contribution is 2.23. The Morgan fingerprint density at radius 2 is 2.09 bits per heavy atom. The van der Waals surface area contributed by atoms with Crippen LogP contribution in [-0.4, -0.2) is 44.3 Å². The van der Waals surface area contributed by atoms with Gasteiger partial charge in [0.2, 0.25) is 5.43 Å². The summed E-state index contributed by atoms with van der Waals surface area (Å²) in [7, 11) is 1.72. The zero-order valence-electron chi connectivity index (χ0n) is 13.2. The maximum absolute atomic E-state index is 11.8. The van der Waals surface area contributed by atoms with Crippen molar-refractivity contribution in [3.05, 3.63) is 27.7 Å². The molecule has 7 heteroatoms. The van der Waals surface area contributed by atoms with Gasteiger partial charge in [0.1, 0.15) is 0 Å². The third-order valence-electron chi connectivity index (χ3n) is 3.73. The Bertz CT molecular complexity index is 582. The molecule has 3 N–H and O–H groups in total. The van der Waals surface area contributed by atoms with Gasteiger partial charge in [0.25, 0.3) is 0 Å². The van der Waals surface area contributed by atoms with Gasteiger partial charge < -0.3 is 19.9 Å². The van der Waals surface area contributed by atoms with Crippen molar-refractivity contribution in [2.75, 3.05) is 13.6 Å². The number of aliphatic carboxylic acids is 1. The van der Waals surface area contributed by atoms with Gasteiger partial charge >= 0.3 is 5.97 Å². The smallest absolute Gasteiger partial charge is 0.304 e. The summed E-state index contributed by atoms with van der Waals surface area (Å²) in [4.78, 5) is 24.2. The average molecular weight is 312 g/mol. The maximum atomic E-state index is 11.8. The molecular weight excluding hydrogens is 288 g/mol. The van der Waals surface area contributed by atoms with Crippen molar-refractivity contribution >= 4 is 5.97 Å². The van der Waals surface area contributed by atoms with Gasteiger partial charge in [-0.25, -0.2) is 0 Å². The van der Waals surface area contributed by atoms with Crippen molar-refractivity contribution in [1.29, 1.82) is 0 Å². The number of carboxylic acid groups (broad SMARTS) is 1. The molecule has 0 bridgehead atoms. The molecule has 0 aliphatic carbocycles. The van der Waals surface area contributed by atoms with E-state index in [1.54, 1.807) is 16.5 Å². The van der Waals surface area contributed by atoms with Crippen LogP contribution in [0, 0.1) is 0 Å². The highest BCUT2D eigenvalue weighted by Gasteiger charge is 2.19. The lowest BCUT2D eigenvalue weighted by Crippen LogP contribution is -2.27. The van der Waals surface area contributed by atoms with E-state index in [4.69, 9.17) is 5.11 Å². The molecule has 0 saturated carbocycles. The molecular formula is C15H24N2O5. The Kier molecular flexibility index (Phi) is 6.58. The maximum Gasteiger partial charge on any atom is 0.304 e. The third kappa shape index (κ3) is 4.32. The van der Waals surface area contributed by atoms with Gasteiger partial charge in [0, 0.05) is 30.9 Å². The van der Waals surface area contributed by atoms with E-state index in [1.165, 1.54) is 6.07 Å². The molecule has 0 fully saturated rings. The summed E-state index contributed by atoms with van der Waals surface area (Å²) in [6, 6.07) is 1.24. The SMILES string of the molecule is CCC(C)n1c(CO)cc(=O)c(O)c1CN(C)CCC(=O)O. The first-order chi connectivity index (χ1) is 10.3. The molecule has 0 aromatic carbocycles. The zero-order chi connectivity index (χ0) is 16.9. The van der Waals surface area contributed by atoms with Gasteiger partial charge in [-0.2, -0.15) is 0 Å². The first-order valence-electron chi connectivity index (χ1n) is 7.29. The second-order valence-corrected chi connectivity index (χ2v) is 5.46. The summed E-state index contributed by atoms with van der Waals surface area (Å²) < 4.78 is 1.76.